The van der Waals surface area contributed by atoms with E-state index in [0.29, 0.717) is 18.6 Å². The molecule has 20 heavy (non-hydrogen) atoms. The summed E-state index contributed by atoms with van der Waals surface area (Å²) in [5.41, 5.74) is 0. The van der Waals surface area contributed by atoms with Crippen molar-refractivity contribution < 1.29 is 9.90 Å². The number of carbonyl (C=O) groups is 1. The molecule has 3 rings (SSSR count). The van der Waals surface area contributed by atoms with Gasteiger partial charge in [-0.3, -0.25) is 0 Å². The van der Waals surface area contributed by atoms with Crippen molar-refractivity contribution in [1.82, 2.24) is 10.6 Å². The van der Waals surface area contributed by atoms with Crippen LogP contribution in [0.4, 0.5) is 4.79 Å². The van der Waals surface area contributed by atoms with Crippen molar-refractivity contribution in [1.29, 1.82) is 0 Å². The average molecular weight is 280 g/mol. The Kier molecular flexibility index (Phi) is 4.49. The number of carbonyl (C=O) groups excluding carboxylic acids is 1. The van der Waals surface area contributed by atoms with Gasteiger partial charge in [-0.25, -0.2) is 4.79 Å². The maximum absolute atomic E-state index is 11.9. The van der Waals surface area contributed by atoms with Crippen LogP contribution in [0.2, 0.25) is 0 Å². The van der Waals surface area contributed by atoms with Crippen LogP contribution >= 0.6 is 0 Å². The van der Waals surface area contributed by atoms with Crippen LogP contribution in [0.5, 0.6) is 0 Å². The van der Waals surface area contributed by atoms with Crippen LogP contribution in [-0.2, 0) is 0 Å². The molecule has 3 fully saturated rings. The lowest BCUT2D eigenvalue weighted by Crippen LogP contribution is -2.44. The minimum absolute atomic E-state index is 0.0283. The van der Waals surface area contributed by atoms with E-state index in [1.54, 1.807) is 0 Å². The summed E-state index contributed by atoms with van der Waals surface area (Å²) in [6.07, 6.45) is 9.48. The molecule has 0 aliphatic heterocycles. The fourth-order valence-electron chi connectivity index (χ4n) is 4.50. The summed E-state index contributed by atoms with van der Waals surface area (Å²) in [5, 5.41) is 15.1. The molecule has 4 heteroatoms. The molecule has 3 aliphatic rings. The van der Waals surface area contributed by atoms with Gasteiger partial charge in [-0.1, -0.05) is 6.42 Å². The molecular weight excluding hydrogens is 252 g/mol. The van der Waals surface area contributed by atoms with Crippen molar-refractivity contribution in [2.45, 2.75) is 57.4 Å². The highest BCUT2D eigenvalue weighted by molar-refractivity contribution is 5.74. The third kappa shape index (κ3) is 3.27. The molecule has 3 saturated carbocycles. The molecule has 3 aliphatic carbocycles. The van der Waals surface area contributed by atoms with Gasteiger partial charge in [-0.15, -0.1) is 0 Å². The Morgan fingerprint density at radius 3 is 2.40 bits per heavy atom. The number of urea groups is 1. The Morgan fingerprint density at radius 1 is 1.05 bits per heavy atom. The van der Waals surface area contributed by atoms with Gasteiger partial charge < -0.3 is 15.7 Å². The van der Waals surface area contributed by atoms with E-state index in [2.05, 4.69) is 10.6 Å². The molecule has 114 valence electrons. The van der Waals surface area contributed by atoms with Crippen LogP contribution in [0, 0.1) is 23.7 Å². The number of rotatable bonds is 5. The smallest absolute Gasteiger partial charge is 0.315 e. The van der Waals surface area contributed by atoms with Gasteiger partial charge in [0, 0.05) is 19.2 Å². The molecule has 0 bridgehead atoms. The SMILES string of the molecule is O=C(NCC1C2CCCC21)NC1CCC(CCO)CC1. The molecule has 2 amide bonds. The molecule has 0 aromatic rings. The van der Waals surface area contributed by atoms with Crippen LogP contribution in [-0.4, -0.2) is 30.3 Å². The molecule has 0 aromatic carbocycles. The predicted molar refractivity (Wildman–Crippen MR) is 78.3 cm³/mol. The standard InChI is InChI=1S/C16H28N2O2/c19-9-8-11-4-6-12(7-5-11)18-16(20)17-10-15-13-2-1-3-14(13)15/h11-15,19H,1-10H2,(H2,17,18,20). The monoisotopic (exact) mass is 280 g/mol. The van der Waals surface area contributed by atoms with Crippen molar-refractivity contribution >= 4 is 6.03 Å². The van der Waals surface area contributed by atoms with E-state index < -0.39 is 0 Å². The summed E-state index contributed by atoms with van der Waals surface area (Å²) < 4.78 is 0. The highest BCUT2D eigenvalue weighted by Gasteiger charge is 2.51. The second-order valence-corrected chi connectivity index (χ2v) is 7.01. The van der Waals surface area contributed by atoms with Gasteiger partial charge in [0.15, 0.2) is 0 Å². The van der Waals surface area contributed by atoms with Crippen LogP contribution < -0.4 is 10.6 Å². The fourth-order valence-corrected chi connectivity index (χ4v) is 4.50. The second-order valence-electron chi connectivity index (χ2n) is 7.01. The summed E-state index contributed by atoms with van der Waals surface area (Å²) >= 11 is 0. The van der Waals surface area contributed by atoms with Crippen LogP contribution in [0.1, 0.15) is 51.4 Å². The van der Waals surface area contributed by atoms with Gasteiger partial charge in [0.2, 0.25) is 0 Å². The van der Waals surface area contributed by atoms with Crippen molar-refractivity contribution in [3.63, 3.8) is 0 Å². The van der Waals surface area contributed by atoms with Crippen LogP contribution in [0.15, 0.2) is 0 Å². The molecule has 0 heterocycles. The number of hydrogen-bond donors (Lipinski definition) is 3. The lowest BCUT2D eigenvalue weighted by atomic mass is 9.84. The first-order chi connectivity index (χ1) is 9.78. The Bertz CT molecular complexity index is 329. The maximum Gasteiger partial charge on any atom is 0.315 e. The molecule has 0 radical (unpaired) electrons. The quantitative estimate of drug-likeness (QED) is 0.723. The third-order valence-corrected chi connectivity index (χ3v) is 5.80. The van der Waals surface area contributed by atoms with Crippen LogP contribution in [0.3, 0.4) is 0 Å². The highest BCUT2D eigenvalue weighted by atomic mass is 16.3. The molecule has 0 saturated heterocycles. The Labute approximate surface area is 121 Å². The first-order valence-corrected chi connectivity index (χ1v) is 8.43. The van der Waals surface area contributed by atoms with E-state index >= 15 is 0 Å². The minimum Gasteiger partial charge on any atom is -0.396 e. The highest BCUT2D eigenvalue weighted by Crippen LogP contribution is 2.56. The Morgan fingerprint density at radius 2 is 1.75 bits per heavy atom. The maximum atomic E-state index is 11.9. The van der Waals surface area contributed by atoms with Crippen molar-refractivity contribution in [3.05, 3.63) is 0 Å². The number of amides is 2. The van der Waals surface area contributed by atoms with E-state index in [4.69, 9.17) is 5.11 Å². The lowest BCUT2D eigenvalue weighted by molar-refractivity contribution is 0.206. The summed E-state index contributed by atoms with van der Waals surface area (Å²) in [5.74, 6) is 3.27. The molecule has 0 aromatic heterocycles. The molecule has 0 spiro atoms. The zero-order valence-electron chi connectivity index (χ0n) is 12.3. The summed E-state index contributed by atoms with van der Waals surface area (Å²) in [7, 11) is 0. The van der Waals surface area contributed by atoms with E-state index in [1.807, 2.05) is 0 Å². The van der Waals surface area contributed by atoms with E-state index in [9.17, 15) is 4.79 Å². The van der Waals surface area contributed by atoms with Gasteiger partial charge in [0.25, 0.3) is 0 Å². The number of nitrogens with one attached hydrogen (secondary N) is 2. The van der Waals surface area contributed by atoms with Gasteiger partial charge in [0.05, 0.1) is 0 Å². The predicted octanol–water partition coefficient (Wildman–Crippen LogP) is 2.27. The average Bonchev–Trinajstić information content (AvgIpc) is 2.88. The molecule has 2 atom stereocenters. The summed E-state index contributed by atoms with van der Waals surface area (Å²) in [6, 6.07) is 0.365. The van der Waals surface area contributed by atoms with E-state index in [1.165, 1.54) is 19.3 Å². The number of fused-ring (bicyclic) bond motifs is 1. The molecule has 3 N–H and O–H groups in total. The second kappa shape index (κ2) is 6.33. The fraction of sp³-hybridized carbons (Fsp3) is 0.938. The largest absolute Gasteiger partial charge is 0.396 e. The van der Waals surface area contributed by atoms with Crippen LogP contribution in [0.25, 0.3) is 0 Å². The normalized spacial score (nSPS) is 39.1. The topological polar surface area (TPSA) is 61.4 Å². The summed E-state index contributed by atoms with van der Waals surface area (Å²) in [6.45, 7) is 1.17. The molecule has 4 nitrogen and oxygen atoms in total. The Hall–Kier alpha value is -0.770. The van der Waals surface area contributed by atoms with Gasteiger partial charge in [-0.05, 0) is 68.6 Å². The van der Waals surface area contributed by atoms with E-state index in [0.717, 1.165) is 56.4 Å². The van der Waals surface area contributed by atoms with Crippen molar-refractivity contribution in [3.8, 4) is 0 Å². The number of aliphatic hydroxyl groups is 1. The molecular formula is C16H28N2O2. The number of aliphatic hydroxyl groups excluding tert-OH is 1. The third-order valence-electron chi connectivity index (χ3n) is 5.80. The number of hydrogen-bond acceptors (Lipinski definition) is 2. The van der Waals surface area contributed by atoms with Gasteiger partial charge in [-0.2, -0.15) is 0 Å². The first-order valence-electron chi connectivity index (χ1n) is 8.43. The first kappa shape index (κ1) is 14.2. The Balaban J connectivity index is 1.29. The molecule has 2 unspecified atom stereocenters. The summed E-state index contributed by atoms with van der Waals surface area (Å²) in [4.78, 5) is 11.9. The zero-order chi connectivity index (χ0) is 13.9. The van der Waals surface area contributed by atoms with E-state index in [-0.39, 0.29) is 6.03 Å². The van der Waals surface area contributed by atoms with Crippen molar-refractivity contribution in [2.75, 3.05) is 13.2 Å². The van der Waals surface area contributed by atoms with Gasteiger partial charge >= 0.3 is 6.03 Å². The zero-order valence-corrected chi connectivity index (χ0v) is 12.3. The lowest BCUT2D eigenvalue weighted by Gasteiger charge is -2.28. The van der Waals surface area contributed by atoms with Gasteiger partial charge in [0.1, 0.15) is 0 Å². The van der Waals surface area contributed by atoms with Crippen molar-refractivity contribution in [2.24, 2.45) is 23.7 Å². The minimum atomic E-state index is 0.0283.